The summed E-state index contributed by atoms with van der Waals surface area (Å²) in [4.78, 5) is 0. The fourth-order valence-corrected chi connectivity index (χ4v) is 2.83. The summed E-state index contributed by atoms with van der Waals surface area (Å²) in [5.74, 6) is 1.47. The molecule has 0 spiro atoms. The third-order valence-corrected chi connectivity index (χ3v) is 3.93. The number of ether oxygens (including phenoxy) is 2. The highest BCUT2D eigenvalue weighted by atomic mass is 35.5. The van der Waals surface area contributed by atoms with Gasteiger partial charge in [-0.05, 0) is 51.3 Å². The number of piperidine rings is 1. The number of hydrogen-bond donors (Lipinski definition) is 1. The Morgan fingerprint density at radius 3 is 2.70 bits per heavy atom. The summed E-state index contributed by atoms with van der Waals surface area (Å²) in [5, 5.41) is 4.31. The number of nitrogens with one attached hydrogen (secondary N) is 1. The Labute approximate surface area is 126 Å². The van der Waals surface area contributed by atoms with Crippen molar-refractivity contribution < 1.29 is 9.47 Å². The summed E-state index contributed by atoms with van der Waals surface area (Å²) in [6.07, 6.45) is 4.83. The van der Waals surface area contributed by atoms with Crippen molar-refractivity contribution in [2.24, 2.45) is 0 Å². The standard InChI is InChI=1S/C16H24ClNO2/c1-11(2)20-16-9-12(14(17)10-15(16)19-3)8-13-6-4-5-7-18-13/h9-11,13,18H,4-8H2,1-3H3. The second-order valence-electron chi connectivity index (χ2n) is 5.61. The lowest BCUT2D eigenvalue weighted by molar-refractivity contribution is 0.230. The van der Waals surface area contributed by atoms with Crippen LogP contribution in [0.4, 0.5) is 0 Å². The van der Waals surface area contributed by atoms with Gasteiger partial charge < -0.3 is 14.8 Å². The molecular formula is C16H24ClNO2. The molecule has 1 aromatic rings. The van der Waals surface area contributed by atoms with Crippen molar-refractivity contribution in [3.05, 3.63) is 22.7 Å². The minimum atomic E-state index is 0.116. The molecule has 0 aliphatic carbocycles. The molecule has 4 heteroatoms. The Morgan fingerprint density at radius 2 is 2.10 bits per heavy atom. The van der Waals surface area contributed by atoms with Crippen molar-refractivity contribution in [3.63, 3.8) is 0 Å². The minimum Gasteiger partial charge on any atom is -0.493 e. The first kappa shape index (κ1) is 15.5. The predicted octanol–water partition coefficient (Wildman–Crippen LogP) is 3.82. The van der Waals surface area contributed by atoms with Crippen LogP contribution in [0.25, 0.3) is 0 Å². The predicted molar refractivity (Wildman–Crippen MR) is 83.1 cm³/mol. The van der Waals surface area contributed by atoms with Gasteiger partial charge in [-0.3, -0.25) is 0 Å². The number of hydrogen-bond acceptors (Lipinski definition) is 3. The molecule has 0 amide bonds. The summed E-state index contributed by atoms with van der Waals surface area (Å²) in [7, 11) is 1.64. The molecule has 1 unspecified atom stereocenters. The molecule has 1 saturated heterocycles. The molecule has 1 atom stereocenters. The van der Waals surface area contributed by atoms with Gasteiger partial charge in [0, 0.05) is 17.1 Å². The molecule has 20 heavy (non-hydrogen) atoms. The summed E-state index contributed by atoms with van der Waals surface area (Å²) in [6, 6.07) is 4.40. The summed E-state index contributed by atoms with van der Waals surface area (Å²) in [6.45, 7) is 5.13. The molecule has 1 heterocycles. The molecule has 0 aromatic heterocycles. The molecule has 1 fully saturated rings. The van der Waals surface area contributed by atoms with Crippen molar-refractivity contribution in [1.82, 2.24) is 5.32 Å². The quantitative estimate of drug-likeness (QED) is 0.896. The van der Waals surface area contributed by atoms with Crippen molar-refractivity contribution in [2.45, 2.75) is 51.7 Å². The second kappa shape index (κ2) is 7.19. The third-order valence-electron chi connectivity index (χ3n) is 3.57. The average Bonchev–Trinajstić information content (AvgIpc) is 2.42. The van der Waals surface area contributed by atoms with Crippen LogP contribution in [0.3, 0.4) is 0 Å². The number of rotatable bonds is 5. The van der Waals surface area contributed by atoms with Crippen LogP contribution in [-0.4, -0.2) is 25.8 Å². The van der Waals surface area contributed by atoms with Gasteiger partial charge in [-0.2, -0.15) is 0 Å². The van der Waals surface area contributed by atoms with E-state index in [2.05, 4.69) is 5.32 Å². The number of benzene rings is 1. The van der Waals surface area contributed by atoms with E-state index in [-0.39, 0.29) is 6.10 Å². The van der Waals surface area contributed by atoms with Crippen molar-refractivity contribution in [1.29, 1.82) is 0 Å². The largest absolute Gasteiger partial charge is 0.493 e. The van der Waals surface area contributed by atoms with E-state index in [4.69, 9.17) is 21.1 Å². The lowest BCUT2D eigenvalue weighted by Crippen LogP contribution is -2.35. The average molecular weight is 298 g/mol. The van der Waals surface area contributed by atoms with E-state index in [0.717, 1.165) is 29.3 Å². The van der Waals surface area contributed by atoms with E-state index in [1.54, 1.807) is 7.11 Å². The SMILES string of the molecule is COc1cc(Cl)c(CC2CCCCN2)cc1OC(C)C. The Hall–Kier alpha value is -0.930. The molecule has 112 valence electrons. The topological polar surface area (TPSA) is 30.5 Å². The van der Waals surface area contributed by atoms with E-state index < -0.39 is 0 Å². The maximum atomic E-state index is 6.37. The highest BCUT2D eigenvalue weighted by Crippen LogP contribution is 2.35. The first-order chi connectivity index (χ1) is 9.60. The van der Waals surface area contributed by atoms with Crippen molar-refractivity contribution in [2.75, 3.05) is 13.7 Å². The molecule has 1 aliphatic heterocycles. The number of methoxy groups -OCH3 is 1. The van der Waals surface area contributed by atoms with Crippen LogP contribution >= 0.6 is 11.6 Å². The van der Waals surface area contributed by atoms with Gasteiger partial charge in [0.1, 0.15) is 0 Å². The maximum absolute atomic E-state index is 6.37. The van der Waals surface area contributed by atoms with E-state index >= 15 is 0 Å². The Morgan fingerprint density at radius 1 is 1.30 bits per heavy atom. The smallest absolute Gasteiger partial charge is 0.162 e. The molecule has 3 nitrogen and oxygen atoms in total. The molecule has 1 N–H and O–H groups in total. The van der Waals surface area contributed by atoms with Crippen LogP contribution in [0.2, 0.25) is 5.02 Å². The molecule has 1 aliphatic rings. The summed E-state index contributed by atoms with van der Waals surface area (Å²) < 4.78 is 11.2. The maximum Gasteiger partial charge on any atom is 0.162 e. The van der Waals surface area contributed by atoms with Crippen LogP contribution in [-0.2, 0) is 6.42 Å². The van der Waals surface area contributed by atoms with Crippen LogP contribution in [0.1, 0.15) is 38.7 Å². The molecule has 2 rings (SSSR count). The van der Waals surface area contributed by atoms with Crippen molar-refractivity contribution >= 4 is 11.6 Å². The van der Waals surface area contributed by atoms with Crippen LogP contribution in [0.5, 0.6) is 11.5 Å². The molecule has 1 aromatic carbocycles. The Balaban J connectivity index is 2.18. The van der Waals surface area contributed by atoms with Crippen LogP contribution < -0.4 is 14.8 Å². The molecule has 0 radical (unpaired) electrons. The number of halogens is 1. The fraction of sp³-hybridized carbons (Fsp3) is 0.625. The molecule has 0 bridgehead atoms. The van der Waals surface area contributed by atoms with Gasteiger partial charge in [-0.25, -0.2) is 0 Å². The zero-order chi connectivity index (χ0) is 14.5. The highest BCUT2D eigenvalue weighted by Gasteiger charge is 2.17. The fourth-order valence-electron chi connectivity index (χ4n) is 2.60. The van der Waals surface area contributed by atoms with E-state index in [0.29, 0.717) is 11.8 Å². The minimum absolute atomic E-state index is 0.116. The summed E-state index contributed by atoms with van der Waals surface area (Å²) >= 11 is 6.37. The lowest BCUT2D eigenvalue weighted by Gasteiger charge is -2.24. The van der Waals surface area contributed by atoms with E-state index in [1.807, 2.05) is 26.0 Å². The zero-order valence-electron chi connectivity index (χ0n) is 12.5. The van der Waals surface area contributed by atoms with Gasteiger partial charge in [0.2, 0.25) is 0 Å². The van der Waals surface area contributed by atoms with E-state index in [9.17, 15) is 0 Å². The van der Waals surface area contributed by atoms with Crippen LogP contribution in [0.15, 0.2) is 12.1 Å². The van der Waals surface area contributed by atoms with Gasteiger partial charge in [0.15, 0.2) is 11.5 Å². The van der Waals surface area contributed by atoms with Crippen LogP contribution in [0, 0.1) is 0 Å². The van der Waals surface area contributed by atoms with Gasteiger partial charge in [-0.1, -0.05) is 18.0 Å². The second-order valence-corrected chi connectivity index (χ2v) is 6.02. The van der Waals surface area contributed by atoms with Gasteiger partial charge >= 0.3 is 0 Å². The lowest BCUT2D eigenvalue weighted by atomic mass is 9.97. The molecule has 0 saturated carbocycles. The van der Waals surface area contributed by atoms with E-state index in [1.165, 1.54) is 19.3 Å². The molecular weight excluding hydrogens is 274 g/mol. The highest BCUT2D eigenvalue weighted by molar-refractivity contribution is 6.31. The van der Waals surface area contributed by atoms with Gasteiger partial charge in [-0.15, -0.1) is 0 Å². The van der Waals surface area contributed by atoms with Gasteiger partial charge in [0.05, 0.1) is 13.2 Å². The van der Waals surface area contributed by atoms with Crippen molar-refractivity contribution in [3.8, 4) is 11.5 Å². The monoisotopic (exact) mass is 297 g/mol. The first-order valence-electron chi connectivity index (χ1n) is 7.36. The third kappa shape index (κ3) is 4.03. The Bertz CT molecular complexity index is 442. The summed E-state index contributed by atoms with van der Waals surface area (Å²) in [5.41, 5.74) is 1.13. The normalized spacial score (nSPS) is 19.1. The zero-order valence-corrected chi connectivity index (χ0v) is 13.3. The first-order valence-corrected chi connectivity index (χ1v) is 7.74. The Kier molecular flexibility index (Phi) is 5.55. The van der Waals surface area contributed by atoms with Gasteiger partial charge in [0.25, 0.3) is 0 Å².